The van der Waals surface area contributed by atoms with Crippen molar-refractivity contribution in [2.24, 2.45) is 0 Å². The van der Waals surface area contributed by atoms with Gasteiger partial charge in [-0.25, -0.2) is 4.39 Å². The van der Waals surface area contributed by atoms with Crippen LogP contribution in [0.2, 0.25) is 0 Å². The van der Waals surface area contributed by atoms with Crippen molar-refractivity contribution in [1.29, 1.82) is 0 Å². The van der Waals surface area contributed by atoms with Gasteiger partial charge in [-0.15, -0.1) is 10.2 Å². The highest BCUT2D eigenvalue weighted by atomic mass is 32.2. The Morgan fingerprint density at radius 1 is 1.03 bits per heavy atom. The second-order valence-corrected chi connectivity index (χ2v) is 8.64. The average molecular weight is 491 g/mol. The van der Waals surface area contributed by atoms with Gasteiger partial charge < -0.3 is 10.1 Å². The predicted molar refractivity (Wildman–Crippen MR) is 133 cm³/mol. The number of ketones is 1. The molecule has 178 valence electrons. The van der Waals surface area contributed by atoms with Crippen LogP contribution >= 0.6 is 11.8 Å². The van der Waals surface area contributed by atoms with E-state index in [0.717, 1.165) is 5.69 Å². The first-order chi connectivity index (χ1) is 16.9. The molecule has 1 amide bonds. The molecule has 0 saturated carbocycles. The van der Waals surface area contributed by atoms with Gasteiger partial charge in [0.1, 0.15) is 11.6 Å². The number of Topliss-reactive ketones (excluding diaryl/α,β-unsaturated/α-hetero) is 1. The molecule has 0 radical (unpaired) electrons. The number of benzene rings is 3. The Labute approximate surface area is 206 Å². The lowest BCUT2D eigenvalue weighted by molar-refractivity contribution is -0.113. The Morgan fingerprint density at radius 2 is 1.77 bits per heavy atom. The Morgan fingerprint density at radius 3 is 2.49 bits per heavy atom. The zero-order valence-electron chi connectivity index (χ0n) is 19.1. The van der Waals surface area contributed by atoms with Crippen molar-refractivity contribution in [2.75, 3.05) is 11.1 Å². The van der Waals surface area contributed by atoms with Crippen molar-refractivity contribution in [2.45, 2.75) is 25.1 Å². The molecular weight excluding hydrogens is 467 g/mol. The molecule has 1 heterocycles. The number of carbonyl (C=O) groups is 2. The number of para-hydroxylation sites is 1. The van der Waals surface area contributed by atoms with Crippen LogP contribution in [0.5, 0.6) is 5.75 Å². The number of nitrogens with one attached hydrogen (secondary N) is 1. The molecule has 1 atom stereocenters. The number of hydrogen-bond acceptors (Lipinski definition) is 6. The monoisotopic (exact) mass is 490 g/mol. The number of nitrogens with zero attached hydrogens (tertiary/aromatic N) is 3. The van der Waals surface area contributed by atoms with Crippen molar-refractivity contribution >= 4 is 29.1 Å². The molecule has 1 aromatic heterocycles. The molecule has 7 nitrogen and oxygen atoms in total. The molecule has 0 saturated heterocycles. The van der Waals surface area contributed by atoms with E-state index in [1.54, 1.807) is 36.4 Å². The van der Waals surface area contributed by atoms with E-state index in [0.29, 0.717) is 28.0 Å². The molecule has 4 aromatic rings. The number of halogens is 1. The largest absolute Gasteiger partial charge is 0.483 e. The van der Waals surface area contributed by atoms with Crippen LogP contribution in [0.15, 0.2) is 84.0 Å². The Bertz CT molecular complexity index is 1330. The van der Waals surface area contributed by atoms with Gasteiger partial charge in [-0.2, -0.15) is 0 Å². The summed E-state index contributed by atoms with van der Waals surface area (Å²) in [6.07, 6.45) is -0.495. The molecule has 4 rings (SSSR count). The van der Waals surface area contributed by atoms with Crippen LogP contribution in [0.25, 0.3) is 5.69 Å². The summed E-state index contributed by atoms with van der Waals surface area (Å²) in [5, 5.41) is 12.0. The van der Waals surface area contributed by atoms with Crippen LogP contribution in [-0.4, -0.2) is 32.2 Å². The number of thioether (sulfide) groups is 1. The number of anilines is 1. The molecule has 0 spiro atoms. The van der Waals surface area contributed by atoms with E-state index in [1.165, 1.54) is 30.8 Å². The normalized spacial score (nSPS) is 11.6. The Hall–Kier alpha value is -3.98. The summed E-state index contributed by atoms with van der Waals surface area (Å²) in [6, 6.07) is 22.1. The highest BCUT2D eigenvalue weighted by molar-refractivity contribution is 7.99. The van der Waals surface area contributed by atoms with Gasteiger partial charge in [-0.05, 0) is 62.4 Å². The van der Waals surface area contributed by atoms with E-state index >= 15 is 0 Å². The van der Waals surface area contributed by atoms with Gasteiger partial charge in [0.2, 0.25) is 5.91 Å². The first-order valence-electron chi connectivity index (χ1n) is 10.9. The molecule has 1 unspecified atom stereocenters. The van der Waals surface area contributed by atoms with E-state index in [1.807, 2.05) is 41.8 Å². The maximum Gasteiger partial charge on any atom is 0.234 e. The molecule has 35 heavy (non-hydrogen) atoms. The molecule has 0 fully saturated rings. The topological polar surface area (TPSA) is 86.1 Å². The van der Waals surface area contributed by atoms with Crippen LogP contribution < -0.4 is 10.1 Å². The van der Waals surface area contributed by atoms with Crippen molar-refractivity contribution in [3.05, 3.63) is 96.1 Å². The fraction of sp³-hybridized carbons (Fsp3) is 0.154. The number of rotatable bonds is 9. The third kappa shape index (κ3) is 6.13. The summed E-state index contributed by atoms with van der Waals surface area (Å²) in [6.45, 7) is 3.31. The lowest BCUT2D eigenvalue weighted by Crippen LogP contribution is -2.15. The van der Waals surface area contributed by atoms with Gasteiger partial charge in [0.25, 0.3) is 0 Å². The van der Waals surface area contributed by atoms with Crippen molar-refractivity contribution in [1.82, 2.24) is 14.8 Å². The SMILES string of the molecule is CC(=O)c1cccc(NC(=O)CSc2nnc(C(C)Oc3ccc(F)cc3)n2-c2ccccc2)c1. The Balaban J connectivity index is 1.52. The van der Waals surface area contributed by atoms with Gasteiger partial charge in [-0.3, -0.25) is 14.2 Å². The fourth-order valence-corrected chi connectivity index (χ4v) is 4.13. The maximum absolute atomic E-state index is 13.2. The summed E-state index contributed by atoms with van der Waals surface area (Å²) < 4.78 is 21.0. The minimum atomic E-state index is -0.495. The number of carbonyl (C=O) groups excluding carboxylic acids is 2. The molecule has 9 heteroatoms. The van der Waals surface area contributed by atoms with Crippen LogP contribution in [0.1, 0.15) is 36.1 Å². The van der Waals surface area contributed by atoms with E-state index in [-0.39, 0.29) is 23.3 Å². The standard InChI is InChI=1S/C26H23FN4O3S/c1-17(32)19-7-6-8-21(15-19)28-24(33)16-35-26-30-29-25(31(26)22-9-4-3-5-10-22)18(2)34-23-13-11-20(27)12-14-23/h3-15,18H,16H2,1-2H3,(H,28,33). The number of amides is 1. The summed E-state index contributed by atoms with van der Waals surface area (Å²) in [5.41, 5.74) is 1.90. The lowest BCUT2D eigenvalue weighted by Gasteiger charge is -2.16. The number of ether oxygens (including phenoxy) is 1. The van der Waals surface area contributed by atoms with Crippen LogP contribution in [-0.2, 0) is 4.79 Å². The highest BCUT2D eigenvalue weighted by Crippen LogP contribution is 2.28. The summed E-state index contributed by atoms with van der Waals surface area (Å²) in [5.74, 6) is 0.469. The summed E-state index contributed by atoms with van der Waals surface area (Å²) in [7, 11) is 0. The Kier molecular flexibility index (Phi) is 7.57. The molecule has 0 aliphatic carbocycles. The second-order valence-electron chi connectivity index (χ2n) is 7.70. The molecule has 1 N–H and O–H groups in total. The van der Waals surface area contributed by atoms with E-state index < -0.39 is 6.10 Å². The van der Waals surface area contributed by atoms with E-state index in [9.17, 15) is 14.0 Å². The van der Waals surface area contributed by atoms with Gasteiger partial charge in [0.15, 0.2) is 22.9 Å². The third-order valence-electron chi connectivity index (χ3n) is 5.05. The van der Waals surface area contributed by atoms with Crippen molar-refractivity contribution in [3.8, 4) is 11.4 Å². The smallest absolute Gasteiger partial charge is 0.234 e. The van der Waals surface area contributed by atoms with Crippen LogP contribution in [0.4, 0.5) is 10.1 Å². The van der Waals surface area contributed by atoms with E-state index in [4.69, 9.17) is 4.74 Å². The van der Waals surface area contributed by atoms with Gasteiger partial charge in [0, 0.05) is 16.9 Å². The molecule has 0 aliphatic rings. The highest BCUT2D eigenvalue weighted by Gasteiger charge is 2.21. The quantitative estimate of drug-likeness (QED) is 0.247. The summed E-state index contributed by atoms with van der Waals surface area (Å²) in [4.78, 5) is 24.2. The molecule has 0 aliphatic heterocycles. The van der Waals surface area contributed by atoms with Crippen molar-refractivity contribution in [3.63, 3.8) is 0 Å². The lowest BCUT2D eigenvalue weighted by atomic mass is 10.1. The maximum atomic E-state index is 13.2. The zero-order chi connectivity index (χ0) is 24.8. The number of aromatic nitrogens is 3. The first-order valence-corrected chi connectivity index (χ1v) is 11.9. The van der Waals surface area contributed by atoms with E-state index in [2.05, 4.69) is 15.5 Å². The van der Waals surface area contributed by atoms with Crippen LogP contribution in [0.3, 0.4) is 0 Å². The third-order valence-corrected chi connectivity index (χ3v) is 5.98. The van der Waals surface area contributed by atoms with Crippen LogP contribution in [0, 0.1) is 5.82 Å². The minimum absolute atomic E-state index is 0.0732. The van der Waals surface area contributed by atoms with Gasteiger partial charge in [0.05, 0.1) is 5.75 Å². The average Bonchev–Trinajstić information content (AvgIpc) is 3.29. The zero-order valence-corrected chi connectivity index (χ0v) is 20.0. The van der Waals surface area contributed by atoms with Crippen molar-refractivity contribution < 1.29 is 18.7 Å². The molecule has 0 bridgehead atoms. The van der Waals surface area contributed by atoms with Gasteiger partial charge >= 0.3 is 0 Å². The van der Waals surface area contributed by atoms with Gasteiger partial charge in [-0.1, -0.05) is 42.1 Å². The number of hydrogen-bond donors (Lipinski definition) is 1. The fourth-order valence-electron chi connectivity index (χ4n) is 3.37. The predicted octanol–water partition coefficient (Wildman–Crippen LogP) is 5.48. The molecular formula is C26H23FN4O3S. The summed E-state index contributed by atoms with van der Waals surface area (Å²) >= 11 is 1.23. The second kappa shape index (κ2) is 11.0. The molecule has 3 aromatic carbocycles. The minimum Gasteiger partial charge on any atom is -0.483 e. The first kappa shape index (κ1) is 24.2.